The van der Waals surface area contributed by atoms with Crippen molar-refractivity contribution in [1.29, 1.82) is 0 Å². The van der Waals surface area contributed by atoms with Crippen molar-refractivity contribution in [3.8, 4) is 21.5 Å². The molecule has 0 aromatic carbocycles. The fourth-order valence-electron chi connectivity index (χ4n) is 2.23. The molecular weight excluding hydrogens is 363 g/mol. The molecule has 22 heavy (non-hydrogen) atoms. The SMILES string of the molecule is Cl.NC1(c2noc(-c3csc(-c4ccc(Cl)s4)n3)n2)CCC1. The van der Waals surface area contributed by atoms with Gasteiger partial charge in [-0.3, -0.25) is 0 Å². The van der Waals surface area contributed by atoms with Crippen LogP contribution in [0.3, 0.4) is 0 Å². The Bertz CT molecular complexity index is 793. The van der Waals surface area contributed by atoms with Crippen LogP contribution in [0, 0.1) is 0 Å². The Hall–Kier alpha value is -0.990. The molecule has 2 N–H and O–H groups in total. The number of thiophene rings is 1. The quantitative estimate of drug-likeness (QED) is 0.737. The zero-order chi connectivity index (χ0) is 14.4. The minimum Gasteiger partial charge on any atom is -0.332 e. The first kappa shape index (κ1) is 15.9. The van der Waals surface area contributed by atoms with E-state index in [1.54, 1.807) is 0 Å². The number of hydrogen-bond donors (Lipinski definition) is 1. The summed E-state index contributed by atoms with van der Waals surface area (Å²) in [5.41, 5.74) is 6.47. The van der Waals surface area contributed by atoms with Crippen LogP contribution in [0.25, 0.3) is 21.5 Å². The highest BCUT2D eigenvalue weighted by molar-refractivity contribution is 7.23. The number of hydrogen-bond acceptors (Lipinski definition) is 7. The monoisotopic (exact) mass is 374 g/mol. The molecule has 0 aliphatic heterocycles. The number of nitrogens with two attached hydrogens (primary N) is 1. The maximum absolute atomic E-state index is 6.20. The molecule has 1 fully saturated rings. The van der Waals surface area contributed by atoms with Gasteiger partial charge in [-0.15, -0.1) is 35.1 Å². The van der Waals surface area contributed by atoms with Crippen LogP contribution >= 0.6 is 46.7 Å². The molecule has 0 unspecified atom stereocenters. The lowest BCUT2D eigenvalue weighted by molar-refractivity contribution is 0.229. The molecular formula is C13H12Cl2N4OS2. The van der Waals surface area contributed by atoms with Crippen molar-refractivity contribution in [2.75, 3.05) is 0 Å². The van der Waals surface area contributed by atoms with Gasteiger partial charge < -0.3 is 10.3 Å². The van der Waals surface area contributed by atoms with Crippen LogP contribution in [0.4, 0.5) is 0 Å². The van der Waals surface area contributed by atoms with E-state index in [2.05, 4.69) is 15.1 Å². The average molecular weight is 375 g/mol. The Balaban J connectivity index is 0.00000144. The van der Waals surface area contributed by atoms with E-state index < -0.39 is 5.54 Å². The maximum atomic E-state index is 6.20. The molecule has 4 rings (SSSR count). The smallest absolute Gasteiger partial charge is 0.277 e. The predicted octanol–water partition coefficient (Wildman–Crippen LogP) is 4.33. The number of thiazole rings is 1. The Morgan fingerprint density at radius 3 is 2.73 bits per heavy atom. The number of halogens is 2. The third-order valence-corrected chi connectivity index (χ3v) is 5.87. The van der Waals surface area contributed by atoms with E-state index in [1.807, 2.05) is 17.5 Å². The second kappa shape index (κ2) is 5.90. The second-order valence-corrected chi connectivity index (χ2v) is 7.65. The third-order valence-electron chi connectivity index (χ3n) is 3.62. The lowest BCUT2D eigenvalue weighted by Gasteiger charge is -2.34. The Kier molecular flexibility index (Phi) is 4.26. The molecule has 116 valence electrons. The fraction of sp³-hybridized carbons (Fsp3) is 0.308. The van der Waals surface area contributed by atoms with Gasteiger partial charge in [-0.1, -0.05) is 16.8 Å². The standard InChI is InChI=1S/C13H11ClN4OS2.ClH/c14-9-3-2-8(21-9)11-16-7(6-20-11)10-17-12(18-19-10)13(15)4-1-5-13;/h2-3,6H,1,4-5,15H2;1H. The summed E-state index contributed by atoms with van der Waals surface area (Å²) in [5, 5.41) is 6.81. The Morgan fingerprint density at radius 1 is 1.27 bits per heavy atom. The highest BCUT2D eigenvalue weighted by Crippen LogP contribution is 2.38. The largest absolute Gasteiger partial charge is 0.332 e. The van der Waals surface area contributed by atoms with E-state index in [9.17, 15) is 0 Å². The molecule has 3 heterocycles. The van der Waals surface area contributed by atoms with Crippen LogP contribution in [0.5, 0.6) is 0 Å². The molecule has 9 heteroatoms. The Morgan fingerprint density at radius 2 is 2.09 bits per heavy atom. The summed E-state index contributed by atoms with van der Waals surface area (Å²) in [6.45, 7) is 0. The summed E-state index contributed by atoms with van der Waals surface area (Å²) in [6.07, 6.45) is 2.92. The summed E-state index contributed by atoms with van der Waals surface area (Å²) >= 11 is 8.98. The minimum atomic E-state index is -0.415. The lowest BCUT2D eigenvalue weighted by Crippen LogP contribution is -2.44. The molecule has 5 nitrogen and oxygen atoms in total. The van der Waals surface area contributed by atoms with Crippen molar-refractivity contribution in [2.24, 2.45) is 5.73 Å². The number of nitrogens with zero attached hydrogens (tertiary/aromatic N) is 3. The van der Waals surface area contributed by atoms with Gasteiger partial charge in [-0.25, -0.2) is 4.98 Å². The van der Waals surface area contributed by atoms with Crippen LogP contribution in [-0.4, -0.2) is 15.1 Å². The van der Waals surface area contributed by atoms with Gasteiger partial charge in [0.15, 0.2) is 5.82 Å². The fourth-order valence-corrected chi connectivity index (χ4v) is 4.13. The molecule has 1 aliphatic rings. The van der Waals surface area contributed by atoms with Gasteiger partial charge in [0.2, 0.25) is 0 Å². The molecule has 3 aromatic rings. The van der Waals surface area contributed by atoms with E-state index >= 15 is 0 Å². The van der Waals surface area contributed by atoms with Gasteiger partial charge in [-0.05, 0) is 31.4 Å². The van der Waals surface area contributed by atoms with Gasteiger partial charge in [0.25, 0.3) is 5.89 Å². The first-order valence-electron chi connectivity index (χ1n) is 6.49. The Labute approximate surface area is 145 Å². The molecule has 0 radical (unpaired) electrons. The van der Waals surface area contributed by atoms with Crippen LogP contribution in [0.2, 0.25) is 4.34 Å². The zero-order valence-electron chi connectivity index (χ0n) is 11.3. The maximum Gasteiger partial charge on any atom is 0.277 e. The van der Waals surface area contributed by atoms with Crippen molar-refractivity contribution in [1.82, 2.24) is 15.1 Å². The molecule has 1 saturated carbocycles. The van der Waals surface area contributed by atoms with Crippen molar-refractivity contribution in [3.05, 3.63) is 27.7 Å². The van der Waals surface area contributed by atoms with E-state index in [4.69, 9.17) is 21.9 Å². The van der Waals surface area contributed by atoms with Gasteiger partial charge in [0.1, 0.15) is 10.7 Å². The van der Waals surface area contributed by atoms with Crippen LogP contribution in [-0.2, 0) is 5.54 Å². The highest BCUT2D eigenvalue weighted by atomic mass is 35.5. The van der Waals surface area contributed by atoms with Gasteiger partial charge in [0, 0.05) is 5.38 Å². The molecule has 0 amide bonds. The zero-order valence-corrected chi connectivity index (χ0v) is 14.5. The van der Waals surface area contributed by atoms with Crippen LogP contribution in [0.15, 0.2) is 22.0 Å². The van der Waals surface area contributed by atoms with Gasteiger partial charge >= 0.3 is 0 Å². The summed E-state index contributed by atoms with van der Waals surface area (Å²) in [7, 11) is 0. The molecule has 3 aromatic heterocycles. The van der Waals surface area contributed by atoms with Gasteiger partial charge in [-0.2, -0.15) is 4.98 Å². The molecule has 0 spiro atoms. The van der Waals surface area contributed by atoms with Crippen LogP contribution in [0.1, 0.15) is 25.1 Å². The predicted molar refractivity (Wildman–Crippen MR) is 90.7 cm³/mol. The molecule has 0 atom stereocenters. The van der Waals surface area contributed by atoms with E-state index in [0.717, 1.165) is 33.5 Å². The summed E-state index contributed by atoms with van der Waals surface area (Å²) in [5.74, 6) is 1.00. The molecule has 0 saturated heterocycles. The molecule has 0 bridgehead atoms. The van der Waals surface area contributed by atoms with Gasteiger partial charge in [0.05, 0.1) is 14.8 Å². The average Bonchev–Trinajstić information content (AvgIpc) is 3.14. The first-order chi connectivity index (χ1) is 10.1. The van der Waals surface area contributed by atoms with E-state index in [1.165, 1.54) is 22.7 Å². The highest BCUT2D eigenvalue weighted by Gasteiger charge is 2.39. The lowest BCUT2D eigenvalue weighted by atomic mass is 9.77. The number of rotatable bonds is 3. The van der Waals surface area contributed by atoms with E-state index in [0.29, 0.717) is 17.4 Å². The second-order valence-electron chi connectivity index (χ2n) is 5.07. The van der Waals surface area contributed by atoms with Crippen molar-refractivity contribution < 1.29 is 4.52 Å². The topological polar surface area (TPSA) is 77.8 Å². The summed E-state index contributed by atoms with van der Waals surface area (Å²) in [4.78, 5) is 9.97. The van der Waals surface area contributed by atoms with E-state index in [-0.39, 0.29) is 12.4 Å². The van der Waals surface area contributed by atoms with Crippen molar-refractivity contribution in [3.63, 3.8) is 0 Å². The summed E-state index contributed by atoms with van der Waals surface area (Å²) < 4.78 is 6.05. The third kappa shape index (κ3) is 2.68. The first-order valence-corrected chi connectivity index (χ1v) is 8.56. The summed E-state index contributed by atoms with van der Waals surface area (Å²) in [6, 6.07) is 3.82. The minimum absolute atomic E-state index is 0. The van der Waals surface area contributed by atoms with Crippen LogP contribution < -0.4 is 5.73 Å². The molecule has 1 aliphatic carbocycles. The number of aromatic nitrogens is 3. The normalized spacial score (nSPS) is 16.1. The van der Waals surface area contributed by atoms with Crippen molar-refractivity contribution >= 4 is 46.7 Å². The van der Waals surface area contributed by atoms with Crippen molar-refractivity contribution in [2.45, 2.75) is 24.8 Å².